The van der Waals surface area contributed by atoms with E-state index in [-0.39, 0.29) is 26.1 Å². The molecule has 150 valence electrons. The van der Waals surface area contributed by atoms with Gasteiger partial charge in [0.2, 0.25) is 0 Å². The van der Waals surface area contributed by atoms with Gasteiger partial charge in [0.25, 0.3) is 0 Å². The average Bonchev–Trinajstić information content (AvgIpc) is 2.68. The van der Waals surface area contributed by atoms with Crippen LogP contribution in [-0.2, 0) is 23.8 Å². The number of hydrogen-bond acceptors (Lipinski definition) is 6. The Labute approximate surface area is 165 Å². The number of carbonyl (C=O) groups is 3. The van der Waals surface area contributed by atoms with Crippen molar-refractivity contribution in [3.05, 3.63) is 48.0 Å². The van der Waals surface area contributed by atoms with E-state index in [1.54, 1.807) is 45.0 Å². The highest BCUT2D eigenvalue weighted by Crippen LogP contribution is 2.31. The monoisotopic (exact) mass is 386 g/mol. The molecule has 0 spiro atoms. The Hall–Kier alpha value is -3.07. The van der Waals surface area contributed by atoms with Gasteiger partial charge < -0.3 is 14.2 Å². The van der Waals surface area contributed by atoms with Gasteiger partial charge in [-0.2, -0.15) is 0 Å². The van der Waals surface area contributed by atoms with E-state index in [2.05, 4.69) is 18.4 Å². The van der Waals surface area contributed by atoms with Gasteiger partial charge in [0.1, 0.15) is 0 Å². The minimum absolute atomic E-state index is 0.0567. The van der Waals surface area contributed by atoms with E-state index in [4.69, 9.17) is 14.2 Å². The molecule has 0 saturated carbocycles. The highest BCUT2D eigenvalue weighted by atomic mass is 16.6. The normalized spacial score (nSPS) is 10.2. The summed E-state index contributed by atoms with van der Waals surface area (Å²) in [6, 6.07) is 6.55. The Kier molecular flexibility index (Phi) is 9.52. The lowest BCUT2D eigenvalue weighted by molar-refractivity contribution is -0.171. The first kappa shape index (κ1) is 23.0. The Balaban J connectivity index is 3.07. The topological polar surface area (TPSA) is 78.9 Å². The molecule has 0 amide bonds. The van der Waals surface area contributed by atoms with Crippen LogP contribution in [0.4, 0.5) is 0 Å². The maximum atomic E-state index is 12.5. The second-order valence-electron chi connectivity index (χ2n) is 5.79. The molecule has 0 unspecified atom stereocenters. The summed E-state index contributed by atoms with van der Waals surface area (Å²) in [6.45, 7) is 9.27. The third-order valence-electron chi connectivity index (χ3n) is 3.84. The standard InChI is InChI=1S/C22H26O6/c1-5-15-22(20(24)27-7-3,21(25)28-8-4)16-9-10-17-11-13-18(14-12-17)19(23)26-6-2/h5,11-14H,1,6-8,15-16H2,2-4H3. The van der Waals surface area contributed by atoms with Crippen LogP contribution in [0.3, 0.4) is 0 Å². The summed E-state index contributed by atoms with van der Waals surface area (Å²) < 4.78 is 15.1. The highest BCUT2D eigenvalue weighted by molar-refractivity contribution is 6.00. The van der Waals surface area contributed by atoms with Gasteiger partial charge in [0, 0.05) is 12.0 Å². The Morgan fingerprint density at radius 2 is 1.50 bits per heavy atom. The molecule has 1 rings (SSSR count). The first-order chi connectivity index (χ1) is 13.4. The summed E-state index contributed by atoms with van der Waals surface area (Å²) >= 11 is 0. The van der Waals surface area contributed by atoms with Gasteiger partial charge in [-0.1, -0.05) is 17.9 Å². The van der Waals surface area contributed by atoms with E-state index < -0.39 is 23.3 Å². The summed E-state index contributed by atoms with van der Waals surface area (Å²) in [6.07, 6.45) is 1.46. The quantitative estimate of drug-likeness (QED) is 0.213. The molecule has 28 heavy (non-hydrogen) atoms. The fourth-order valence-corrected chi connectivity index (χ4v) is 2.45. The minimum Gasteiger partial charge on any atom is -0.465 e. The van der Waals surface area contributed by atoms with Crippen molar-refractivity contribution in [2.75, 3.05) is 19.8 Å². The van der Waals surface area contributed by atoms with Crippen molar-refractivity contribution in [3.63, 3.8) is 0 Å². The molecule has 1 aromatic carbocycles. The Morgan fingerprint density at radius 3 is 1.96 bits per heavy atom. The molecule has 0 saturated heterocycles. The Bertz CT molecular complexity index is 733. The van der Waals surface area contributed by atoms with Crippen molar-refractivity contribution in [3.8, 4) is 11.8 Å². The molecule has 6 heteroatoms. The van der Waals surface area contributed by atoms with Crippen molar-refractivity contribution in [2.24, 2.45) is 5.41 Å². The zero-order valence-corrected chi connectivity index (χ0v) is 16.6. The number of rotatable bonds is 9. The van der Waals surface area contributed by atoms with E-state index in [9.17, 15) is 14.4 Å². The largest absolute Gasteiger partial charge is 0.465 e. The van der Waals surface area contributed by atoms with Crippen LogP contribution in [0.2, 0.25) is 0 Å². The van der Waals surface area contributed by atoms with Crippen molar-refractivity contribution in [2.45, 2.75) is 33.6 Å². The number of esters is 3. The van der Waals surface area contributed by atoms with Gasteiger partial charge in [-0.25, -0.2) is 4.79 Å². The maximum absolute atomic E-state index is 12.5. The summed E-state index contributed by atoms with van der Waals surface area (Å²) in [7, 11) is 0. The molecule has 0 atom stereocenters. The van der Waals surface area contributed by atoms with Gasteiger partial charge in [0.05, 0.1) is 25.4 Å². The molecule has 0 fully saturated rings. The molecule has 0 radical (unpaired) electrons. The van der Waals surface area contributed by atoms with Crippen LogP contribution in [-0.4, -0.2) is 37.7 Å². The van der Waals surface area contributed by atoms with Gasteiger partial charge >= 0.3 is 17.9 Å². The van der Waals surface area contributed by atoms with Crippen molar-refractivity contribution >= 4 is 17.9 Å². The van der Waals surface area contributed by atoms with Crippen LogP contribution in [0.15, 0.2) is 36.9 Å². The summed E-state index contributed by atoms with van der Waals surface area (Å²) in [5.74, 6) is 4.00. The molecule has 0 bridgehead atoms. The lowest BCUT2D eigenvalue weighted by Gasteiger charge is -2.26. The minimum atomic E-state index is -1.55. The summed E-state index contributed by atoms with van der Waals surface area (Å²) in [4.78, 5) is 36.7. The van der Waals surface area contributed by atoms with Crippen molar-refractivity contribution in [1.29, 1.82) is 0 Å². The number of allylic oxidation sites excluding steroid dienone is 1. The third-order valence-corrected chi connectivity index (χ3v) is 3.84. The van der Waals surface area contributed by atoms with Gasteiger partial charge in [0.15, 0.2) is 5.41 Å². The molecule has 0 N–H and O–H groups in total. The maximum Gasteiger partial charge on any atom is 0.338 e. The van der Waals surface area contributed by atoms with Crippen molar-refractivity contribution in [1.82, 2.24) is 0 Å². The number of ether oxygens (including phenoxy) is 3. The lowest BCUT2D eigenvalue weighted by Crippen LogP contribution is -2.41. The van der Waals surface area contributed by atoms with Crippen LogP contribution < -0.4 is 0 Å². The SMILES string of the molecule is C=CCC(CC#Cc1ccc(C(=O)OCC)cc1)(C(=O)OCC)C(=O)OCC. The second-order valence-corrected chi connectivity index (χ2v) is 5.79. The molecular weight excluding hydrogens is 360 g/mol. The van der Waals surface area contributed by atoms with Crippen LogP contribution in [0.1, 0.15) is 49.5 Å². The molecule has 0 heterocycles. The van der Waals surface area contributed by atoms with Crippen LogP contribution in [0.25, 0.3) is 0 Å². The zero-order valence-electron chi connectivity index (χ0n) is 16.6. The Morgan fingerprint density at radius 1 is 0.964 bits per heavy atom. The van der Waals surface area contributed by atoms with Gasteiger partial charge in [-0.15, -0.1) is 6.58 Å². The second kappa shape index (κ2) is 11.6. The van der Waals surface area contributed by atoms with Crippen LogP contribution in [0, 0.1) is 17.3 Å². The number of hydrogen-bond donors (Lipinski definition) is 0. The predicted octanol–water partition coefficient (Wildman–Crippen LogP) is 3.29. The molecule has 0 aliphatic carbocycles. The molecule has 0 aliphatic rings. The first-order valence-electron chi connectivity index (χ1n) is 9.16. The molecule has 0 aromatic heterocycles. The van der Waals surface area contributed by atoms with Gasteiger partial charge in [-0.3, -0.25) is 9.59 Å². The number of carbonyl (C=O) groups excluding carboxylic acids is 3. The summed E-state index contributed by atoms with van der Waals surface area (Å²) in [5, 5.41) is 0. The molecule has 0 aliphatic heterocycles. The first-order valence-corrected chi connectivity index (χ1v) is 9.16. The van der Waals surface area contributed by atoms with Crippen LogP contribution in [0.5, 0.6) is 0 Å². The lowest BCUT2D eigenvalue weighted by atomic mass is 9.81. The predicted molar refractivity (Wildman–Crippen MR) is 104 cm³/mol. The van der Waals surface area contributed by atoms with Gasteiger partial charge in [-0.05, 0) is 51.5 Å². The fourth-order valence-electron chi connectivity index (χ4n) is 2.45. The molecule has 6 nitrogen and oxygen atoms in total. The summed E-state index contributed by atoms with van der Waals surface area (Å²) in [5.41, 5.74) is -0.495. The van der Waals surface area contributed by atoms with Crippen molar-refractivity contribution < 1.29 is 28.6 Å². The highest BCUT2D eigenvalue weighted by Gasteiger charge is 2.47. The van der Waals surface area contributed by atoms with E-state index in [0.717, 1.165) is 0 Å². The smallest absolute Gasteiger partial charge is 0.338 e. The van der Waals surface area contributed by atoms with E-state index in [1.165, 1.54) is 6.08 Å². The zero-order chi connectivity index (χ0) is 21.0. The van der Waals surface area contributed by atoms with E-state index in [1.807, 2.05) is 0 Å². The fraction of sp³-hybridized carbons (Fsp3) is 0.409. The molecular formula is C22H26O6. The van der Waals surface area contributed by atoms with Crippen LogP contribution >= 0.6 is 0 Å². The number of benzene rings is 1. The molecule has 1 aromatic rings. The van der Waals surface area contributed by atoms with E-state index in [0.29, 0.717) is 17.7 Å². The van der Waals surface area contributed by atoms with E-state index >= 15 is 0 Å². The third kappa shape index (κ3) is 5.98. The average molecular weight is 386 g/mol.